The predicted octanol–water partition coefficient (Wildman–Crippen LogP) is 2.02. The first kappa shape index (κ1) is 6.47. The SMILES string of the molecule is C1C[C@@H]2C[C@H]3CCCN2[C@H]3C1. The standard InChI is InChI=1S/C10H17N/c1-4-9-7-8-3-2-6-11(9)10(8)5-1/h8-10H,1-7H2/t8-,9-,10+/m1/s1. The highest BCUT2D eigenvalue weighted by Gasteiger charge is 2.44. The smallest absolute Gasteiger partial charge is 0.0127 e. The van der Waals surface area contributed by atoms with Crippen molar-refractivity contribution < 1.29 is 0 Å². The molecule has 0 spiro atoms. The summed E-state index contributed by atoms with van der Waals surface area (Å²) in [5, 5.41) is 0. The normalized spacial score (nSPS) is 54.5. The molecule has 62 valence electrons. The third-order valence-corrected chi connectivity index (χ3v) is 4.04. The first-order valence-electron chi connectivity index (χ1n) is 5.21. The number of hydrogen-bond acceptors (Lipinski definition) is 1. The zero-order valence-corrected chi connectivity index (χ0v) is 7.13. The maximum Gasteiger partial charge on any atom is 0.0127 e. The highest BCUT2D eigenvalue weighted by Crippen LogP contribution is 2.44. The Hall–Kier alpha value is -0.0400. The molecule has 4 atom stereocenters. The molecule has 0 aromatic rings. The molecule has 3 fully saturated rings. The van der Waals surface area contributed by atoms with E-state index >= 15 is 0 Å². The van der Waals surface area contributed by atoms with E-state index in [4.69, 9.17) is 0 Å². The van der Waals surface area contributed by atoms with Crippen LogP contribution in [-0.4, -0.2) is 23.5 Å². The van der Waals surface area contributed by atoms with Gasteiger partial charge in [-0.25, -0.2) is 0 Å². The van der Waals surface area contributed by atoms with E-state index in [-0.39, 0.29) is 0 Å². The maximum atomic E-state index is 2.82. The van der Waals surface area contributed by atoms with Gasteiger partial charge < -0.3 is 0 Å². The summed E-state index contributed by atoms with van der Waals surface area (Å²) in [6, 6.07) is 2.05. The molecular formula is C10H17N. The lowest BCUT2D eigenvalue weighted by molar-refractivity contribution is 0.101. The molecule has 1 unspecified atom stereocenters. The van der Waals surface area contributed by atoms with Crippen LogP contribution in [0.1, 0.15) is 38.5 Å². The molecule has 0 amide bonds. The van der Waals surface area contributed by atoms with Crippen molar-refractivity contribution in [2.45, 2.75) is 50.6 Å². The minimum absolute atomic E-state index is 1.02. The summed E-state index contributed by atoms with van der Waals surface area (Å²) in [7, 11) is 0. The van der Waals surface area contributed by atoms with Crippen molar-refractivity contribution >= 4 is 0 Å². The van der Waals surface area contributed by atoms with Gasteiger partial charge in [-0.1, -0.05) is 6.42 Å². The van der Waals surface area contributed by atoms with Crippen molar-refractivity contribution in [1.82, 2.24) is 4.90 Å². The molecule has 3 heterocycles. The number of rotatable bonds is 0. The molecule has 0 aliphatic carbocycles. The van der Waals surface area contributed by atoms with Crippen molar-refractivity contribution in [3.05, 3.63) is 0 Å². The van der Waals surface area contributed by atoms with Gasteiger partial charge in [-0.05, 0) is 44.6 Å². The quantitative estimate of drug-likeness (QED) is 0.512. The van der Waals surface area contributed by atoms with Crippen LogP contribution in [0.4, 0.5) is 0 Å². The average Bonchev–Trinajstić information content (AvgIpc) is 2.31. The second-order valence-corrected chi connectivity index (χ2v) is 4.53. The molecular weight excluding hydrogens is 134 g/mol. The molecule has 0 saturated carbocycles. The summed E-state index contributed by atoms with van der Waals surface area (Å²) in [5.74, 6) is 1.11. The summed E-state index contributed by atoms with van der Waals surface area (Å²) in [6.45, 7) is 1.42. The molecule has 4 bridgehead atoms. The first-order valence-corrected chi connectivity index (χ1v) is 5.21. The van der Waals surface area contributed by atoms with Crippen LogP contribution in [0.15, 0.2) is 0 Å². The largest absolute Gasteiger partial charge is 0.297 e. The minimum Gasteiger partial charge on any atom is -0.297 e. The van der Waals surface area contributed by atoms with Gasteiger partial charge in [-0.3, -0.25) is 4.90 Å². The van der Waals surface area contributed by atoms with Crippen molar-refractivity contribution in [3.63, 3.8) is 0 Å². The zero-order chi connectivity index (χ0) is 7.26. The molecule has 0 radical (unpaired) electrons. The van der Waals surface area contributed by atoms with Crippen LogP contribution in [0.3, 0.4) is 0 Å². The molecule has 0 aromatic carbocycles. The van der Waals surface area contributed by atoms with Crippen molar-refractivity contribution in [2.24, 2.45) is 5.92 Å². The Balaban J connectivity index is 1.91. The first-order chi connectivity index (χ1) is 5.45. The van der Waals surface area contributed by atoms with Gasteiger partial charge in [0.1, 0.15) is 0 Å². The minimum atomic E-state index is 1.02. The lowest BCUT2D eigenvalue weighted by Crippen LogP contribution is -2.43. The van der Waals surface area contributed by atoms with Crippen LogP contribution >= 0.6 is 0 Å². The third kappa shape index (κ3) is 0.807. The van der Waals surface area contributed by atoms with Crippen LogP contribution in [0.5, 0.6) is 0 Å². The predicted molar refractivity (Wildman–Crippen MR) is 45.5 cm³/mol. The van der Waals surface area contributed by atoms with Gasteiger partial charge in [-0.2, -0.15) is 0 Å². The summed E-state index contributed by atoms with van der Waals surface area (Å²) in [6.07, 6.45) is 9.11. The van der Waals surface area contributed by atoms with Gasteiger partial charge >= 0.3 is 0 Å². The van der Waals surface area contributed by atoms with Gasteiger partial charge in [0.25, 0.3) is 0 Å². The number of nitrogens with zero attached hydrogens (tertiary/aromatic N) is 1. The third-order valence-electron chi connectivity index (χ3n) is 4.04. The topological polar surface area (TPSA) is 3.24 Å². The Morgan fingerprint density at radius 1 is 1.00 bits per heavy atom. The molecule has 11 heavy (non-hydrogen) atoms. The monoisotopic (exact) mass is 151 g/mol. The lowest BCUT2D eigenvalue weighted by Gasteiger charge is -2.38. The second-order valence-electron chi connectivity index (χ2n) is 4.53. The van der Waals surface area contributed by atoms with Gasteiger partial charge in [-0.15, -0.1) is 0 Å². The molecule has 3 saturated heterocycles. The Kier molecular flexibility index (Phi) is 1.31. The van der Waals surface area contributed by atoms with Crippen molar-refractivity contribution in [1.29, 1.82) is 0 Å². The van der Waals surface area contributed by atoms with Crippen molar-refractivity contribution in [2.75, 3.05) is 6.54 Å². The van der Waals surface area contributed by atoms with Crippen LogP contribution < -0.4 is 0 Å². The van der Waals surface area contributed by atoms with E-state index in [1.54, 1.807) is 6.42 Å². The van der Waals surface area contributed by atoms with E-state index < -0.39 is 0 Å². The molecule has 0 aromatic heterocycles. The Morgan fingerprint density at radius 2 is 2.00 bits per heavy atom. The van der Waals surface area contributed by atoms with E-state index in [9.17, 15) is 0 Å². The van der Waals surface area contributed by atoms with Crippen LogP contribution in [0, 0.1) is 5.92 Å². The fourth-order valence-corrected chi connectivity index (χ4v) is 3.63. The Morgan fingerprint density at radius 3 is 2.91 bits per heavy atom. The van der Waals surface area contributed by atoms with Crippen LogP contribution in [0.2, 0.25) is 0 Å². The van der Waals surface area contributed by atoms with Gasteiger partial charge in [0, 0.05) is 12.1 Å². The summed E-state index contributed by atoms with van der Waals surface area (Å²) >= 11 is 0. The highest BCUT2D eigenvalue weighted by atomic mass is 15.2. The summed E-state index contributed by atoms with van der Waals surface area (Å²) < 4.78 is 0. The zero-order valence-electron chi connectivity index (χ0n) is 7.13. The number of piperidine rings is 2. The van der Waals surface area contributed by atoms with E-state index in [1.165, 1.54) is 38.6 Å². The Bertz CT molecular complexity index is 148. The summed E-state index contributed by atoms with van der Waals surface area (Å²) in [5.41, 5.74) is 0. The summed E-state index contributed by atoms with van der Waals surface area (Å²) in [4.78, 5) is 2.82. The van der Waals surface area contributed by atoms with Crippen LogP contribution in [-0.2, 0) is 0 Å². The van der Waals surface area contributed by atoms with Gasteiger partial charge in [0.15, 0.2) is 0 Å². The molecule has 3 aliphatic heterocycles. The molecule has 3 aliphatic rings. The maximum absolute atomic E-state index is 2.82. The van der Waals surface area contributed by atoms with Crippen molar-refractivity contribution in [3.8, 4) is 0 Å². The average molecular weight is 151 g/mol. The second kappa shape index (κ2) is 2.22. The number of hydrogen-bond donors (Lipinski definition) is 0. The Labute approximate surface area is 68.8 Å². The van der Waals surface area contributed by atoms with Crippen LogP contribution in [0.25, 0.3) is 0 Å². The van der Waals surface area contributed by atoms with E-state index in [2.05, 4.69) is 4.90 Å². The van der Waals surface area contributed by atoms with E-state index in [0.29, 0.717) is 0 Å². The lowest BCUT2D eigenvalue weighted by atomic mass is 9.90. The molecule has 1 nitrogen and oxygen atoms in total. The molecule has 0 N–H and O–H groups in total. The van der Waals surface area contributed by atoms with Gasteiger partial charge in [0.2, 0.25) is 0 Å². The fraction of sp³-hybridized carbons (Fsp3) is 1.00. The van der Waals surface area contributed by atoms with E-state index in [0.717, 1.165) is 18.0 Å². The molecule has 3 rings (SSSR count). The molecule has 1 heteroatoms. The van der Waals surface area contributed by atoms with E-state index in [1.807, 2.05) is 0 Å². The highest BCUT2D eigenvalue weighted by molar-refractivity contribution is 4.99. The fourth-order valence-electron chi connectivity index (χ4n) is 3.63. The van der Waals surface area contributed by atoms with Gasteiger partial charge in [0.05, 0.1) is 0 Å².